The van der Waals surface area contributed by atoms with Gasteiger partial charge in [-0.05, 0) is 35.7 Å². The van der Waals surface area contributed by atoms with Crippen molar-refractivity contribution in [1.29, 1.82) is 0 Å². The number of benzene rings is 1. The number of rotatable bonds is 8. The molecule has 1 atom stereocenters. The average molecular weight is 317 g/mol. The lowest BCUT2D eigenvalue weighted by Crippen LogP contribution is -2.23. The van der Waals surface area contributed by atoms with Gasteiger partial charge in [0.25, 0.3) is 0 Å². The van der Waals surface area contributed by atoms with Gasteiger partial charge in [-0.2, -0.15) is 0 Å². The number of ether oxygens (including phenoxy) is 1. The van der Waals surface area contributed by atoms with E-state index in [2.05, 4.69) is 5.32 Å². The van der Waals surface area contributed by atoms with Crippen LogP contribution < -0.4 is 5.32 Å². The van der Waals surface area contributed by atoms with Crippen LogP contribution in [0.4, 0.5) is 5.69 Å². The minimum Gasteiger partial charge on any atom is -0.467 e. The first-order valence-corrected chi connectivity index (χ1v) is 7.71. The van der Waals surface area contributed by atoms with Crippen molar-refractivity contribution in [2.45, 2.75) is 39.6 Å². The summed E-state index contributed by atoms with van der Waals surface area (Å²) in [7, 11) is 0. The normalized spacial score (nSPS) is 12.3. The molecule has 0 radical (unpaired) electrons. The lowest BCUT2D eigenvalue weighted by Gasteiger charge is -2.14. The highest BCUT2D eigenvalue weighted by atomic mass is 16.5. The second kappa shape index (κ2) is 8.50. The molecule has 0 fully saturated rings. The van der Waals surface area contributed by atoms with Crippen molar-refractivity contribution in [2.24, 2.45) is 5.92 Å². The zero-order valence-corrected chi connectivity index (χ0v) is 13.5. The molecular weight excluding hydrogens is 294 g/mol. The van der Waals surface area contributed by atoms with Crippen LogP contribution in [0.1, 0.15) is 31.6 Å². The molecule has 0 bridgehead atoms. The Hall–Kier alpha value is -2.11. The molecule has 0 aliphatic carbocycles. The minimum absolute atomic E-state index is 0.0575. The Morgan fingerprint density at radius 1 is 1.26 bits per heavy atom. The Morgan fingerprint density at radius 2 is 2.09 bits per heavy atom. The van der Waals surface area contributed by atoms with Gasteiger partial charge in [-0.25, -0.2) is 0 Å². The molecule has 124 valence electrons. The number of anilines is 1. The van der Waals surface area contributed by atoms with Gasteiger partial charge in [0, 0.05) is 5.69 Å². The van der Waals surface area contributed by atoms with Gasteiger partial charge in [0.15, 0.2) is 0 Å². The largest absolute Gasteiger partial charge is 0.467 e. The summed E-state index contributed by atoms with van der Waals surface area (Å²) in [6.07, 6.45) is 1.08. The monoisotopic (exact) mass is 317 g/mol. The molecule has 0 saturated heterocycles. The lowest BCUT2D eigenvalue weighted by atomic mass is 10.0. The third kappa shape index (κ3) is 5.88. The molecule has 2 aromatic rings. The summed E-state index contributed by atoms with van der Waals surface area (Å²) in [6, 6.07) is 11.1. The summed E-state index contributed by atoms with van der Waals surface area (Å²) in [5, 5.41) is 12.5. The number of nitrogens with one attached hydrogen (secondary N) is 1. The van der Waals surface area contributed by atoms with Gasteiger partial charge in [-0.15, -0.1) is 0 Å². The van der Waals surface area contributed by atoms with Crippen molar-refractivity contribution in [1.82, 2.24) is 0 Å². The first-order chi connectivity index (χ1) is 11.0. The van der Waals surface area contributed by atoms with Crippen molar-refractivity contribution in [2.75, 3.05) is 5.32 Å². The summed E-state index contributed by atoms with van der Waals surface area (Å²) in [4.78, 5) is 11.9. The van der Waals surface area contributed by atoms with Crippen LogP contribution in [0.2, 0.25) is 0 Å². The Balaban J connectivity index is 1.83. The maximum absolute atomic E-state index is 11.9. The van der Waals surface area contributed by atoms with Crippen LogP contribution in [0.5, 0.6) is 0 Å². The van der Waals surface area contributed by atoms with Crippen LogP contribution in [0.15, 0.2) is 47.1 Å². The minimum atomic E-state index is -0.630. The van der Waals surface area contributed by atoms with Crippen LogP contribution in [-0.2, 0) is 22.7 Å². The summed E-state index contributed by atoms with van der Waals surface area (Å²) in [5.41, 5.74) is 1.66. The highest BCUT2D eigenvalue weighted by molar-refractivity contribution is 5.91. The Morgan fingerprint density at radius 3 is 2.78 bits per heavy atom. The molecule has 1 aromatic carbocycles. The molecule has 23 heavy (non-hydrogen) atoms. The zero-order chi connectivity index (χ0) is 16.7. The van der Waals surface area contributed by atoms with Crippen molar-refractivity contribution < 1.29 is 19.1 Å². The molecule has 5 heteroatoms. The predicted molar refractivity (Wildman–Crippen MR) is 87.7 cm³/mol. The van der Waals surface area contributed by atoms with Gasteiger partial charge in [-0.1, -0.05) is 26.0 Å². The molecule has 1 amide bonds. The number of hydrogen-bond donors (Lipinski definition) is 2. The first-order valence-electron chi connectivity index (χ1n) is 7.71. The second-order valence-corrected chi connectivity index (χ2v) is 5.84. The van der Waals surface area contributed by atoms with Gasteiger partial charge in [0.2, 0.25) is 5.91 Å². The highest BCUT2D eigenvalue weighted by Gasteiger charge is 2.14. The predicted octanol–water partition coefficient (Wildman–Crippen LogP) is 3.34. The smallest absolute Gasteiger partial charge is 0.226 e. The van der Waals surface area contributed by atoms with Crippen LogP contribution in [0, 0.1) is 5.92 Å². The van der Waals surface area contributed by atoms with Crippen molar-refractivity contribution in [3.63, 3.8) is 0 Å². The number of furan rings is 1. The molecule has 2 rings (SSSR count). The van der Waals surface area contributed by atoms with E-state index in [0.717, 1.165) is 11.3 Å². The molecule has 2 N–H and O–H groups in total. The standard InChI is InChI=1S/C18H23NO4/c1-13(2)17(20)10-18(21)19-15-6-3-5-14(9-15)11-22-12-16-7-4-8-23-16/h3-9,13,17,20H,10-12H2,1-2H3,(H,19,21). The van der Waals surface area contributed by atoms with E-state index in [1.54, 1.807) is 6.26 Å². The summed E-state index contributed by atoms with van der Waals surface area (Å²) < 4.78 is 10.8. The average Bonchev–Trinajstić information content (AvgIpc) is 3.00. The van der Waals surface area contributed by atoms with E-state index in [1.807, 2.05) is 50.2 Å². The fourth-order valence-corrected chi connectivity index (χ4v) is 2.04. The molecule has 0 saturated carbocycles. The van der Waals surface area contributed by atoms with E-state index in [9.17, 15) is 9.90 Å². The third-order valence-corrected chi connectivity index (χ3v) is 3.47. The fraction of sp³-hybridized carbons (Fsp3) is 0.389. The number of aliphatic hydroxyl groups excluding tert-OH is 1. The molecule has 0 aliphatic rings. The molecular formula is C18H23NO4. The van der Waals surface area contributed by atoms with Crippen molar-refractivity contribution >= 4 is 11.6 Å². The highest BCUT2D eigenvalue weighted by Crippen LogP contribution is 2.14. The topological polar surface area (TPSA) is 71.7 Å². The van der Waals surface area contributed by atoms with Gasteiger partial charge < -0.3 is 19.6 Å². The van der Waals surface area contributed by atoms with Crippen LogP contribution in [0.25, 0.3) is 0 Å². The summed E-state index contributed by atoms with van der Waals surface area (Å²) in [6.45, 7) is 4.60. The van der Waals surface area contributed by atoms with Crippen molar-refractivity contribution in [3.8, 4) is 0 Å². The number of carbonyl (C=O) groups is 1. The fourth-order valence-electron chi connectivity index (χ4n) is 2.04. The SMILES string of the molecule is CC(C)C(O)CC(=O)Nc1cccc(COCc2ccco2)c1. The maximum Gasteiger partial charge on any atom is 0.226 e. The summed E-state index contributed by atoms with van der Waals surface area (Å²) >= 11 is 0. The number of carbonyl (C=O) groups excluding carboxylic acids is 1. The molecule has 1 unspecified atom stereocenters. The van der Waals surface area contributed by atoms with E-state index in [1.165, 1.54) is 0 Å². The number of amides is 1. The lowest BCUT2D eigenvalue weighted by molar-refractivity contribution is -0.118. The molecule has 1 aromatic heterocycles. The van der Waals surface area contributed by atoms with E-state index >= 15 is 0 Å². The van der Waals surface area contributed by atoms with Gasteiger partial charge >= 0.3 is 0 Å². The molecule has 5 nitrogen and oxygen atoms in total. The van der Waals surface area contributed by atoms with Crippen LogP contribution in [0.3, 0.4) is 0 Å². The summed E-state index contributed by atoms with van der Waals surface area (Å²) in [5.74, 6) is 0.638. The molecule has 0 spiro atoms. The van der Waals surface area contributed by atoms with Crippen molar-refractivity contribution in [3.05, 3.63) is 54.0 Å². The Labute approximate surface area is 136 Å². The second-order valence-electron chi connectivity index (χ2n) is 5.84. The Kier molecular flexibility index (Phi) is 6.38. The zero-order valence-electron chi connectivity index (χ0n) is 13.5. The molecule has 1 heterocycles. The quantitative estimate of drug-likeness (QED) is 0.783. The Bertz CT molecular complexity index is 607. The van der Waals surface area contributed by atoms with E-state index in [-0.39, 0.29) is 18.2 Å². The van der Waals surface area contributed by atoms with E-state index in [0.29, 0.717) is 18.9 Å². The van der Waals surface area contributed by atoms with E-state index in [4.69, 9.17) is 9.15 Å². The number of hydrogen-bond acceptors (Lipinski definition) is 4. The third-order valence-electron chi connectivity index (χ3n) is 3.47. The van der Waals surface area contributed by atoms with Crippen LogP contribution in [-0.4, -0.2) is 17.1 Å². The van der Waals surface area contributed by atoms with E-state index < -0.39 is 6.10 Å². The van der Waals surface area contributed by atoms with Gasteiger partial charge in [-0.3, -0.25) is 4.79 Å². The van der Waals surface area contributed by atoms with Gasteiger partial charge in [0.1, 0.15) is 12.4 Å². The first kappa shape index (κ1) is 17.2. The number of aliphatic hydroxyl groups is 1. The molecule has 0 aliphatic heterocycles. The van der Waals surface area contributed by atoms with Gasteiger partial charge in [0.05, 0.1) is 25.4 Å². The van der Waals surface area contributed by atoms with Crippen LogP contribution >= 0.6 is 0 Å². The maximum atomic E-state index is 11.9.